The number of ether oxygens (including phenoxy) is 1. The minimum atomic E-state index is 0.310. The highest BCUT2D eigenvalue weighted by Crippen LogP contribution is 2.23. The Morgan fingerprint density at radius 1 is 1.50 bits per heavy atom. The number of Topliss-reactive ketones (excluding diaryl/α,β-unsaturated/α-hetero) is 1. The van der Waals surface area contributed by atoms with E-state index in [0.29, 0.717) is 11.7 Å². The number of hydrogen-bond acceptors (Lipinski definition) is 2. The lowest BCUT2D eigenvalue weighted by atomic mass is 9.86. The van der Waals surface area contributed by atoms with E-state index in [1.165, 1.54) is 6.42 Å². The molecule has 0 saturated heterocycles. The summed E-state index contributed by atoms with van der Waals surface area (Å²) in [6, 6.07) is 0. The van der Waals surface area contributed by atoms with Crippen LogP contribution in [0.1, 0.15) is 39.0 Å². The molecule has 0 N–H and O–H groups in total. The third kappa shape index (κ3) is 2.94. The molecule has 2 nitrogen and oxygen atoms in total. The van der Waals surface area contributed by atoms with Crippen molar-refractivity contribution >= 4 is 5.78 Å². The van der Waals surface area contributed by atoms with Gasteiger partial charge in [-0.3, -0.25) is 4.79 Å². The smallest absolute Gasteiger partial charge is 0.136 e. The average molecular weight is 170 g/mol. The van der Waals surface area contributed by atoms with E-state index in [4.69, 9.17) is 4.74 Å². The molecule has 0 bridgehead atoms. The summed E-state index contributed by atoms with van der Waals surface area (Å²) in [5, 5.41) is 0. The first-order chi connectivity index (χ1) is 5.84. The van der Waals surface area contributed by atoms with Gasteiger partial charge in [-0.1, -0.05) is 6.42 Å². The van der Waals surface area contributed by atoms with Crippen LogP contribution < -0.4 is 0 Å². The van der Waals surface area contributed by atoms with Crippen LogP contribution in [-0.2, 0) is 9.53 Å². The van der Waals surface area contributed by atoms with Gasteiger partial charge in [0.05, 0.1) is 0 Å². The van der Waals surface area contributed by atoms with Gasteiger partial charge in [-0.05, 0) is 26.2 Å². The molecular weight excluding hydrogens is 152 g/mol. The molecule has 1 aliphatic carbocycles. The summed E-state index contributed by atoms with van der Waals surface area (Å²) < 4.78 is 5.23. The molecule has 12 heavy (non-hydrogen) atoms. The van der Waals surface area contributed by atoms with E-state index < -0.39 is 0 Å². The van der Waals surface area contributed by atoms with Gasteiger partial charge >= 0.3 is 0 Å². The Balaban J connectivity index is 2.16. The standard InChI is InChI=1S/C10H18O2/c1-2-12-8-7-9-5-3-4-6-10(9)11/h9H,2-8H2,1H3/t9-/m1/s1. The molecule has 0 aromatic rings. The van der Waals surface area contributed by atoms with E-state index in [2.05, 4.69) is 0 Å². The number of carbonyl (C=O) groups excluding carboxylic acids is 1. The number of hydrogen-bond donors (Lipinski definition) is 0. The Morgan fingerprint density at radius 2 is 2.33 bits per heavy atom. The normalized spacial score (nSPS) is 24.4. The van der Waals surface area contributed by atoms with Crippen LogP contribution in [0.4, 0.5) is 0 Å². The highest BCUT2D eigenvalue weighted by Gasteiger charge is 2.21. The summed E-state index contributed by atoms with van der Waals surface area (Å²) in [4.78, 5) is 11.3. The maximum Gasteiger partial charge on any atom is 0.136 e. The predicted octanol–water partition coefficient (Wildman–Crippen LogP) is 2.17. The van der Waals surface area contributed by atoms with E-state index in [9.17, 15) is 4.79 Å². The van der Waals surface area contributed by atoms with E-state index in [1.54, 1.807) is 0 Å². The van der Waals surface area contributed by atoms with E-state index >= 15 is 0 Å². The van der Waals surface area contributed by atoms with Crippen LogP contribution in [0.5, 0.6) is 0 Å². The van der Waals surface area contributed by atoms with Gasteiger partial charge in [0.25, 0.3) is 0 Å². The van der Waals surface area contributed by atoms with Gasteiger partial charge < -0.3 is 4.74 Å². The van der Waals surface area contributed by atoms with Crippen molar-refractivity contribution in [1.82, 2.24) is 0 Å². The highest BCUT2D eigenvalue weighted by molar-refractivity contribution is 5.81. The molecule has 0 spiro atoms. The van der Waals surface area contributed by atoms with Crippen molar-refractivity contribution in [3.63, 3.8) is 0 Å². The molecule has 0 radical (unpaired) electrons. The van der Waals surface area contributed by atoms with Gasteiger partial charge in [-0.15, -0.1) is 0 Å². The molecule has 70 valence electrons. The summed E-state index contributed by atoms with van der Waals surface area (Å²) in [6.07, 6.45) is 5.15. The summed E-state index contributed by atoms with van der Waals surface area (Å²) in [5.74, 6) is 0.770. The highest BCUT2D eigenvalue weighted by atomic mass is 16.5. The molecule has 1 rings (SSSR count). The predicted molar refractivity (Wildman–Crippen MR) is 48.1 cm³/mol. The van der Waals surface area contributed by atoms with Crippen molar-refractivity contribution < 1.29 is 9.53 Å². The van der Waals surface area contributed by atoms with Crippen LogP contribution in [0, 0.1) is 5.92 Å². The summed E-state index contributed by atoms with van der Waals surface area (Å²) >= 11 is 0. The van der Waals surface area contributed by atoms with Crippen LogP contribution >= 0.6 is 0 Å². The SMILES string of the molecule is CCOCC[C@H]1CCCCC1=O. The fourth-order valence-electron chi connectivity index (χ4n) is 1.73. The minimum absolute atomic E-state index is 0.310. The molecule has 0 aromatic carbocycles. The topological polar surface area (TPSA) is 26.3 Å². The van der Waals surface area contributed by atoms with Crippen molar-refractivity contribution in [2.75, 3.05) is 13.2 Å². The van der Waals surface area contributed by atoms with Crippen molar-refractivity contribution in [2.45, 2.75) is 39.0 Å². The first-order valence-corrected chi connectivity index (χ1v) is 4.95. The van der Waals surface area contributed by atoms with Crippen LogP contribution in [-0.4, -0.2) is 19.0 Å². The Morgan fingerprint density at radius 3 is 3.00 bits per heavy atom. The summed E-state index contributed by atoms with van der Waals surface area (Å²) in [6.45, 7) is 3.51. The van der Waals surface area contributed by atoms with Gasteiger partial charge in [0.15, 0.2) is 0 Å². The fraction of sp³-hybridized carbons (Fsp3) is 0.900. The molecule has 0 unspecified atom stereocenters. The third-order valence-corrected chi connectivity index (χ3v) is 2.50. The molecule has 0 aliphatic heterocycles. The van der Waals surface area contributed by atoms with Crippen molar-refractivity contribution in [1.29, 1.82) is 0 Å². The minimum Gasteiger partial charge on any atom is -0.382 e. The Labute approximate surface area is 74.3 Å². The van der Waals surface area contributed by atoms with Gasteiger partial charge in [0.2, 0.25) is 0 Å². The van der Waals surface area contributed by atoms with E-state index in [-0.39, 0.29) is 0 Å². The molecule has 0 aromatic heterocycles. The second-order valence-electron chi connectivity index (χ2n) is 3.39. The molecule has 1 fully saturated rings. The monoisotopic (exact) mass is 170 g/mol. The van der Waals surface area contributed by atoms with E-state index in [1.807, 2.05) is 6.92 Å². The zero-order valence-electron chi connectivity index (χ0n) is 7.84. The lowest BCUT2D eigenvalue weighted by Gasteiger charge is -2.19. The average Bonchev–Trinajstić information content (AvgIpc) is 2.09. The molecule has 0 amide bonds. The number of ketones is 1. The Hall–Kier alpha value is -0.370. The second kappa shape index (κ2) is 5.31. The zero-order chi connectivity index (χ0) is 8.81. The third-order valence-electron chi connectivity index (χ3n) is 2.50. The molecular formula is C10H18O2. The maximum absolute atomic E-state index is 11.3. The lowest BCUT2D eigenvalue weighted by Crippen LogP contribution is -2.20. The molecule has 1 atom stereocenters. The molecule has 2 heteroatoms. The van der Waals surface area contributed by atoms with Crippen LogP contribution in [0.15, 0.2) is 0 Å². The molecule has 0 heterocycles. The Kier molecular flexibility index (Phi) is 4.30. The van der Waals surface area contributed by atoms with Gasteiger partial charge in [0.1, 0.15) is 5.78 Å². The number of carbonyl (C=O) groups is 1. The van der Waals surface area contributed by atoms with Crippen LogP contribution in [0.3, 0.4) is 0 Å². The quantitative estimate of drug-likeness (QED) is 0.604. The second-order valence-corrected chi connectivity index (χ2v) is 3.39. The number of rotatable bonds is 4. The summed E-state index contributed by atoms with van der Waals surface area (Å²) in [5.41, 5.74) is 0. The molecule has 1 aliphatic rings. The van der Waals surface area contributed by atoms with Gasteiger partial charge in [-0.2, -0.15) is 0 Å². The molecule has 1 saturated carbocycles. The van der Waals surface area contributed by atoms with Crippen molar-refractivity contribution in [3.8, 4) is 0 Å². The largest absolute Gasteiger partial charge is 0.382 e. The zero-order valence-corrected chi connectivity index (χ0v) is 7.84. The van der Waals surface area contributed by atoms with Crippen molar-refractivity contribution in [2.24, 2.45) is 5.92 Å². The van der Waals surface area contributed by atoms with E-state index in [0.717, 1.165) is 38.9 Å². The first-order valence-electron chi connectivity index (χ1n) is 4.95. The van der Waals surface area contributed by atoms with Gasteiger partial charge in [-0.25, -0.2) is 0 Å². The summed E-state index contributed by atoms with van der Waals surface area (Å²) in [7, 11) is 0. The fourth-order valence-corrected chi connectivity index (χ4v) is 1.73. The van der Waals surface area contributed by atoms with Gasteiger partial charge in [0, 0.05) is 25.6 Å². The first kappa shape index (κ1) is 9.72. The lowest BCUT2D eigenvalue weighted by molar-refractivity contribution is -0.125. The van der Waals surface area contributed by atoms with Crippen LogP contribution in [0.2, 0.25) is 0 Å². The maximum atomic E-state index is 11.3. The Bertz CT molecular complexity index is 143. The van der Waals surface area contributed by atoms with Crippen molar-refractivity contribution in [3.05, 3.63) is 0 Å². The van der Waals surface area contributed by atoms with Crippen LogP contribution in [0.25, 0.3) is 0 Å².